The number of benzene rings is 1. The number of amides is 1. The largest absolute Gasteiger partial charge is 0.496 e. The Labute approximate surface area is 223 Å². The molecule has 36 heavy (non-hydrogen) atoms. The number of nitrogens with one attached hydrogen (secondary N) is 1. The number of thiophene rings is 1. The van der Waals surface area contributed by atoms with Crippen LogP contribution >= 0.6 is 34.7 Å². The molecule has 1 aromatic carbocycles. The summed E-state index contributed by atoms with van der Waals surface area (Å²) >= 11 is 8.93. The van der Waals surface area contributed by atoms with E-state index in [1.165, 1.54) is 23.1 Å². The van der Waals surface area contributed by atoms with Crippen molar-refractivity contribution >= 4 is 51.6 Å². The quantitative estimate of drug-likeness (QED) is 0.200. The van der Waals surface area contributed by atoms with Gasteiger partial charge in [-0.3, -0.25) is 9.36 Å². The summed E-state index contributed by atoms with van der Waals surface area (Å²) in [5, 5.41) is 13.2. The maximum absolute atomic E-state index is 12.9. The van der Waals surface area contributed by atoms with Crippen LogP contribution in [0.15, 0.2) is 36.0 Å². The molecule has 0 fully saturated rings. The maximum Gasteiger partial charge on any atom is 0.341 e. The lowest BCUT2D eigenvalue weighted by atomic mass is 9.95. The summed E-state index contributed by atoms with van der Waals surface area (Å²) in [6, 6.07) is 5.28. The van der Waals surface area contributed by atoms with Gasteiger partial charge >= 0.3 is 5.97 Å². The standard InChI is InChI=1S/C25H27ClN4O4S2/c1-4-12-30-22(17-13-15(26)10-11-18(17)33-3)28-29-25(30)35-14-20(31)27-23-21(24(32)34-5-2)16-8-6-7-9-19(16)36-23/h4,10-11,13H,1,5-9,12,14H2,2-3H3,(H,27,31). The number of hydrogen-bond donors (Lipinski definition) is 1. The summed E-state index contributed by atoms with van der Waals surface area (Å²) in [5.74, 6) is 0.643. The van der Waals surface area contributed by atoms with E-state index in [0.29, 0.717) is 44.4 Å². The molecule has 0 unspecified atom stereocenters. The van der Waals surface area contributed by atoms with Gasteiger partial charge in [0.15, 0.2) is 11.0 Å². The van der Waals surface area contributed by atoms with Gasteiger partial charge in [0.1, 0.15) is 10.8 Å². The van der Waals surface area contributed by atoms with Crippen LogP contribution in [-0.4, -0.2) is 46.1 Å². The van der Waals surface area contributed by atoms with Crippen molar-refractivity contribution in [1.82, 2.24) is 14.8 Å². The van der Waals surface area contributed by atoms with Crippen molar-refractivity contribution in [3.05, 3.63) is 51.9 Å². The Bertz CT molecular complexity index is 1290. The highest BCUT2D eigenvalue weighted by atomic mass is 35.5. The predicted molar refractivity (Wildman–Crippen MR) is 143 cm³/mol. The summed E-state index contributed by atoms with van der Waals surface area (Å²) in [5.41, 5.74) is 2.21. The topological polar surface area (TPSA) is 95.3 Å². The fourth-order valence-electron chi connectivity index (χ4n) is 4.11. The van der Waals surface area contributed by atoms with Gasteiger partial charge in [-0.25, -0.2) is 4.79 Å². The van der Waals surface area contributed by atoms with E-state index in [1.807, 2.05) is 4.57 Å². The van der Waals surface area contributed by atoms with Gasteiger partial charge in [-0.2, -0.15) is 0 Å². The van der Waals surface area contributed by atoms with Crippen molar-refractivity contribution < 1.29 is 19.1 Å². The average Bonchev–Trinajstić information content (AvgIpc) is 3.43. The van der Waals surface area contributed by atoms with E-state index in [4.69, 9.17) is 21.1 Å². The van der Waals surface area contributed by atoms with Crippen LogP contribution in [0.4, 0.5) is 5.00 Å². The molecule has 190 valence electrons. The van der Waals surface area contributed by atoms with Crippen molar-refractivity contribution in [2.75, 3.05) is 24.8 Å². The SMILES string of the molecule is C=CCn1c(SCC(=O)Nc2sc3c(c2C(=O)OCC)CCCC3)nnc1-c1cc(Cl)ccc1OC. The van der Waals surface area contributed by atoms with Crippen LogP contribution < -0.4 is 10.1 Å². The van der Waals surface area contributed by atoms with E-state index in [1.54, 1.807) is 38.3 Å². The van der Waals surface area contributed by atoms with Crippen molar-refractivity contribution in [2.45, 2.75) is 44.3 Å². The van der Waals surface area contributed by atoms with Gasteiger partial charge in [0.2, 0.25) is 5.91 Å². The second-order valence-corrected chi connectivity index (χ2v) is 10.5. The highest BCUT2D eigenvalue weighted by Crippen LogP contribution is 2.39. The first kappa shape index (κ1) is 26.2. The van der Waals surface area contributed by atoms with Crippen molar-refractivity contribution in [1.29, 1.82) is 0 Å². The van der Waals surface area contributed by atoms with Crippen molar-refractivity contribution in [3.63, 3.8) is 0 Å². The van der Waals surface area contributed by atoms with Crippen LogP contribution in [0.5, 0.6) is 5.75 Å². The normalized spacial score (nSPS) is 12.6. The third-order valence-corrected chi connectivity index (χ3v) is 8.08. The van der Waals surface area contributed by atoms with E-state index >= 15 is 0 Å². The zero-order valence-electron chi connectivity index (χ0n) is 20.1. The Morgan fingerprint density at radius 2 is 2.11 bits per heavy atom. The molecule has 0 saturated carbocycles. The number of thioether (sulfide) groups is 1. The second-order valence-electron chi connectivity index (χ2n) is 8.02. The minimum Gasteiger partial charge on any atom is -0.496 e. The number of carbonyl (C=O) groups is 2. The molecule has 0 saturated heterocycles. The zero-order valence-corrected chi connectivity index (χ0v) is 22.5. The fourth-order valence-corrected chi connectivity index (χ4v) is 6.32. The Kier molecular flexibility index (Phi) is 8.71. The first-order valence-electron chi connectivity index (χ1n) is 11.6. The first-order chi connectivity index (χ1) is 17.5. The summed E-state index contributed by atoms with van der Waals surface area (Å²) in [7, 11) is 1.58. The summed E-state index contributed by atoms with van der Waals surface area (Å²) in [6.45, 7) is 6.33. The molecule has 1 aliphatic carbocycles. The van der Waals surface area contributed by atoms with Crippen molar-refractivity contribution in [2.24, 2.45) is 0 Å². The van der Waals surface area contributed by atoms with Crippen LogP contribution in [0.25, 0.3) is 11.4 Å². The number of halogens is 1. The molecule has 8 nitrogen and oxygen atoms in total. The average molecular weight is 547 g/mol. The third kappa shape index (κ3) is 5.61. The van der Waals surface area contributed by atoms with Crippen LogP contribution in [0.2, 0.25) is 5.02 Å². The van der Waals surface area contributed by atoms with Gasteiger partial charge in [0.25, 0.3) is 0 Å². The summed E-state index contributed by atoms with van der Waals surface area (Å²) in [6.07, 6.45) is 5.58. The molecule has 1 amide bonds. The van der Waals surface area contributed by atoms with E-state index in [9.17, 15) is 9.59 Å². The first-order valence-corrected chi connectivity index (χ1v) is 13.8. The van der Waals surface area contributed by atoms with E-state index in [-0.39, 0.29) is 24.2 Å². The third-order valence-electron chi connectivity index (χ3n) is 5.67. The molecule has 1 aliphatic rings. The van der Waals surface area contributed by atoms with Crippen LogP contribution in [-0.2, 0) is 28.9 Å². The minimum absolute atomic E-state index is 0.0901. The smallest absolute Gasteiger partial charge is 0.341 e. The highest BCUT2D eigenvalue weighted by molar-refractivity contribution is 7.99. The summed E-state index contributed by atoms with van der Waals surface area (Å²) < 4.78 is 12.6. The maximum atomic E-state index is 12.9. The predicted octanol–water partition coefficient (Wildman–Crippen LogP) is 5.64. The van der Waals surface area contributed by atoms with Crippen LogP contribution in [0.1, 0.15) is 40.6 Å². The number of hydrogen-bond acceptors (Lipinski definition) is 8. The van der Waals surface area contributed by atoms with Crippen molar-refractivity contribution in [3.8, 4) is 17.1 Å². The van der Waals surface area contributed by atoms with Gasteiger partial charge in [-0.1, -0.05) is 29.4 Å². The van der Waals surface area contributed by atoms with Gasteiger partial charge in [-0.15, -0.1) is 28.1 Å². The lowest BCUT2D eigenvalue weighted by Crippen LogP contribution is -2.17. The monoisotopic (exact) mass is 546 g/mol. The van der Waals surface area contributed by atoms with E-state index in [2.05, 4.69) is 22.1 Å². The Balaban J connectivity index is 1.53. The number of methoxy groups -OCH3 is 1. The van der Waals surface area contributed by atoms with Gasteiger partial charge in [-0.05, 0) is 56.4 Å². The molecule has 2 aromatic heterocycles. The zero-order chi connectivity index (χ0) is 25.7. The summed E-state index contributed by atoms with van der Waals surface area (Å²) in [4.78, 5) is 26.7. The lowest BCUT2D eigenvalue weighted by Gasteiger charge is -2.12. The number of allylic oxidation sites excluding steroid dienone is 1. The van der Waals surface area contributed by atoms with Crippen LogP contribution in [0.3, 0.4) is 0 Å². The van der Waals surface area contributed by atoms with Gasteiger partial charge in [0.05, 0.1) is 30.6 Å². The number of ether oxygens (including phenoxy) is 2. The number of nitrogens with zero attached hydrogens (tertiary/aromatic N) is 3. The van der Waals surface area contributed by atoms with Crippen LogP contribution in [0, 0.1) is 0 Å². The van der Waals surface area contributed by atoms with Gasteiger partial charge < -0.3 is 14.8 Å². The molecule has 4 rings (SSSR count). The molecule has 0 spiro atoms. The highest BCUT2D eigenvalue weighted by Gasteiger charge is 2.27. The molecule has 11 heteroatoms. The molecule has 0 bridgehead atoms. The Morgan fingerprint density at radius 1 is 1.31 bits per heavy atom. The fraction of sp³-hybridized carbons (Fsp3) is 0.360. The number of rotatable bonds is 10. The molecule has 0 atom stereocenters. The number of anilines is 1. The number of aromatic nitrogens is 3. The van der Waals surface area contributed by atoms with E-state index < -0.39 is 0 Å². The molecular formula is C25H27ClN4O4S2. The Hall–Kier alpha value is -2.82. The van der Waals surface area contributed by atoms with E-state index in [0.717, 1.165) is 36.1 Å². The number of aryl methyl sites for hydroxylation is 1. The molecule has 1 N–H and O–H groups in total. The minimum atomic E-state index is -0.384. The number of esters is 1. The Morgan fingerprint density at radius 3 is 2.86 bits per heavy atom. The number of fused-ring (bicyclic) bond motifs is 1. The second kappa shape index (κ2) is 11.9. The lowest BCUT2D eigenvalue weighted by molar-refractivity contribution is -0.113. The molecule has 3 aromatic rings. The molecule has 2 heterocycles. The van der Waals surface area contributed by atoms with Gasteiger partial charge in [0, 0.05) is 16.4 Å². The molecule has 0 aliphatic heterocycles. The number of carbonyl (C=O) groups excluding carboxylic acids is 2. The molecular weight excluding hydrogens is 520 g/mol. The molecule has 0 radical (unpaired) electrons.